The van der Waals surface area contributed by atoms with Crippen molar-refractivity contribution in [1.82, 2.24) is 0 Å². The molecule has 0 aliphatic carbocycles. The van der Waals surface area contributed by atoms with E-state index in [9.17, 15) is 27.6 Å². The molecule has 1 atom stereocenters. The molecule has 3 aromatic carbocycles. The number of nitrogens with one attached hydrogen (secondary N) is 2. The second kappa shape index (κ2) is 12.9. The second-order valence-corrected chi connectivity index (χ2v) is 10.3. The Morgan fingerprint density at radius 1 is 0.905 bits per heavy atom. The summed E-state index contributed by atoms with van der Waals surface area (Å²) < 4.78 is 50.6. The van der Waals surface area contributed by atoms with Gasteiger partial charge in [0.05, 0.1) is 17.9 Å². The van der Waals surface area contributed by atoms with Crippen molar-refractivity contribution in [2.45, 2.75) is 33.1 Å². The lowest BCUT2D eigenvalue weighted by Crippen LogP contribution is -2.31. The summed E-state index contributed by atoms with van der Waals surface area (Å²) in [5, 5.41) is 5.40. The number of hydrogen-bond donors (Lipinski definition) is 2. The number of benzene rings is 3. The molecule has 1 unspecified atom stereocenters. The van der Waals surface area contributed by atoms with Gasteiger partial charge in [-0.25, -0.2) is 4.79 Å². The molecule has 0 saturated carbocycles. The maximum atomic E-state index is 13.2. The molecule has 0 aliphatic heterocycles. The summed E-state index contributed by atoms with van der Waals surface area (Å²) in [5.41, 5.74) is 0.675. The van der Waals surface area contributed by atoms with Crippen LogP contribution in [0.2, 0.25) is 0 Å². The van der Waals surface area contributed by atoms with Gasteiger partial charge in [0, 0.05) is 16.0 Å². The third kappa shape index (κ3) is 6.98. The Bertz CT molecular complexity index is 1580. The predicted octanol–water partition coefficient (Wildman–Crippen LogP) is 7.58. The zero-order valence-electron chi connectivity index (χ0n) is 22.9. The van der Waals surface area contributed by atoms with E-state index in [0.717, 1.165) is 22.6 Å². The molecule has 1 heterocycles. The van der Waals surface area contributed by atoms with Gasteiger partial charge in [-0.15, -0.1) is 11.3 Å². The number of rotatable bonds is 9. The number of anilines is 2. The van der Waals surface area contributed by atoms with Gasteiger partial charge in [-0.2, -0.15) is 13.2 Å². The van der Waals surface area contributed by atoms with Crippen LogP contribution in [0.25, 0.3) is 11.1 Å². The van der Waals surface area contributed by atoms with E-state index < -0.39 is 35.6 Å². The lowest BCUT2D eigenvalue weighted by molar-refractivity contribution is -0.137. The zero-order chi connectivity index (χ0) is 30.4. The van der Waals surface area contributed by atoms with Crippen molar-refractivity contribution < 1.29 is 37.0 Å². The van der Waals surface area contributed by atoms with Crippen LogP contribution in [-0.4, -0.2) is 30.5 Å². The van der Waals surface area contributed by atoms with Gasteiger partial charge in [0.2, 0.25) is 0 Å². The minimum absolute atomic E-state index is 0.169. The number of halogens is 3. The fourth-order valence-electron chi connectivity index (χ4n) is 4.17. The lowest BCUT2D eigenvalue weighted by Gasteiger charge is -2.17. The molecule has 0 saturated heterocycles. The molecule has 218 valence electrons. The van der Waals surface area contributed by atoms with E-state index >= 15 is 0 Å². The number of alkyl halides is 3. The van der Waals surface area contributed by atoms with Gasteiger partial charge in [-0.05, 0) is 62.7 Å². The first-order valence-electron chi connectivity index (χ1n) is 12.9. The molecule has 4 aromatic rings. The van der Waals surface area contributed by atoms with E-state index in [0.29, 0.717) is 10.6 Å². The van der Waals surface area contributed by atoms with Crippen LogP contribution in [-0.2, 0) is 15.7 Å². The average Bonchev–Trinajstić information content (AvgIpc) is 3.28. The number of ether oxygens (including phenoxy) is 2. The second-order valence-electron chi connectivity index (χ2n) is 9.10. The largest absolute Gasteiger partial charge is 0.481 e. The smallest absolute Gasteiger partial charge is 0.418 e. The molecule has 1 aromatic heterocycles. The highest BCUT2D eigenvalue weighted by molar-refractivity contribution is 7.17. The van der Waals surface area contributed by atoms with Crippen molar-refractivity contribution >= 4 is 39.8 Å². The number of carbonyl (C=O) groups is 3. The monoisotopic (exact) mass is 596 g/mol. The standard InChI is InChI=1S/C31H27F3N2O5S/c1-4-40-30(39)26-25(20-10-6-5-7-11-20)19(3)42-29(26)36-28(38)21-14-16-22(17-15-21)41-18(2)27(37)35-24-13-9-8-12-23(24)31(32,33)34/h5-18H,4H2,1-3H3,(H,35,37)(H,36,38). The lowest BCUT2D eigenvalue weighted by atomic mass is 10.0. The molecule has 0 radical (unpaired) electrons. The number of esters is 1. The molecule has 0 bridgehead atoms. The number of thiophene rings is 1. The summed E-state index contributed by atoms with van der Waals surface area (Å²) in [4.78, 5) is 39.4. The number of para-hydroxylation sites is 1. The molecule has 2 amide bonds. The van der Waals surface area contributed by atoms with Crippen molar-refractivity contribution in [2.75, 3.05) is 17.2 Å². The van der Waals surface area contributed by atoms with Gasteiger partial charge < -0.3 is 20.1 Å². The summed E-state index contributed by atoms with van der Waals surface area (Å²) in [6, 6.07) is 19.8. The fraction of sp³-hybridized carbons (Fsp3) is 0.194. The van der Waals surface area contributed by atoms with E-state index in [1.165, 1.54) is 54.7 Å². The van der Waals surface area contributed by atoms with Crippen molar-refractivity contribution in [3.05, 3.63) is 100 Å². The molecule has 0 fully saturated rings. The van der Waals surface area contributed by atoms with E-state index in [1.807, 2.05) is 37.3 Å². The van der Waals surface area contributed by atoms with Crippen LogP contribution in [0.1, 0.15) is 45.0 Å². The molecule has 0 aliphatic rings. The Hall–Kier alpha value is -4.64. The summed E-state index contributed by atoms with van der Waals surface area (Å²) in [7, 11) is 0. The molecule has 0 spiro atoms. The summed E-state index contributed by atoms with van der Waals surface area (Å²) in [6.07, 6.45) is -5.77. The maximum Gasteiger partial charge on any atom is 0.418 e. The third-order valence-corrected chi connectivity index (χ3v) is 7.16. The minimum atomic E-state index is -4.63. The first-order valence-corrected chi connectivity index (χ1v) is 13.7. The van der Waals surface area contributed by atoms with Crippen molar-refractivity contribution in [3.63, 3.8) is 0 Å². The molecule has 7 nitrogen and oxygen atoms in total. The SMILES string of the molecule is CCOC(=O)c1c(NC(=O)c2ccc(OC(C)C(=O)Nc3ccccc3C(F)(F)F)cc2)sc(C)c1-c1ccccc1. The van der Waals surface area contributed by atoms with Crippen LogP contribution in [0.15, 0.2) is 78.9 Å². The van der Waals surface area contributed by atoms with Crippen LogP contribution in [0.3, 0.4) is 0 Å². The van der Waals surface area contributed by atoms with Gasteiger partial charge in [-0.3, -0.25) is 9.59 Å². The normalized spacial score (nSPS) is 11.9. The van der Waals surface area contributed by atoms with Gasteiger partial charge in [-0.1, -0.05) is 42.5 Å². The first-order chi connectivity index (χ1) is 20.0. The van der Waals surface area contributed by atoms with Crippen molar-refractivity contribution in [2.24, 2.45) is 0 Å². The molecular weight excluding hydrogens is 569 g/mol. The molecule has 42 heavy (non-hydrogen) atoms. The van der Waals surface area contributed by atoms with Gasteiger partial charge in [0.1, 0.15) is 16.3 Å². The van der Waals surface area contributed by atoms with Crippen LogP contribution in [0.4, 0.5) is 23.9 Å². The topological polar surface area (TPSA) is 93.7 Å². The van der Waals surface area contributed by atoms with Crippen molar-refractivity contribution in [1.29, 1.82) is 0 Å². The van der Waals surface area contributed by atoms with Gasteiger partial charge >= 0.3 is 12.1 Å². The average molecular weight is 597 g/mol. The first kappa shape index (κ1) is 30.3. The molecular formula is C31H27F3N2O5S. The van der Waals surface area contributed by atoms with Gasteiger partial charge in [0.25, 0.3) is 11.8 Å². The van der Waals surface area contributed by atoms with Crippen LogP contribution < -0.4 is 15.4 Å². The highest BCUT2D eigenvalue weighted by Gasteiger charge is 2.34. The van der Waals surface area contributed by atoms with Crippen LogP contribution in [0, 0.1) is 6.92 Å². The zero-order valence-corrected chi connectivity index (χ0v) is 23.7. The van der Waals surface area contributed by atoms with E-state index in [-0.39, 0.29) is 29.2 Å². The van der Waals surface area contributed by atoms with Crippen molar-refractivity contribution in [3.8, 4) is 16.9 Å². The minimum Gasteiger partial charge on any atom is -0.481 e. The Labute approximate surface area is 244 Å². The summed E-state index contributed by atoms with van der Waals surface area (Å²) in [5.74, 6) is -1.58. The highest BCUT2D eigenvalue weighted by atomic mass is 32.1. The van der Waals surface area contributed by atoms with Gasteiger partial charge in [0.15, 0.2) is 6.10 Å². The quantitative estimate of drug-likeness (QED) is 0.194. The maximum absolute atomic E-state index is 13.2. The number of hydrogen-bond acceptors (Lipinski definition) is 6. The van der Waals surface area contributed by atoms with E-state index in [4.69, 9.17) is 9.47 Å². The summed E-state index contributed by atoms with van der Waals surface area (Å²) >= 11 is 1.26. The number of carbonyl (C=O) groups excluding carboxylic acids is 3. The number of amides is 2. The predicted molar refractivity (Wildman–Crippen MR) is 155 cm³/mol. The Kier molecular flexibility index (Phi) is 9.31. The summed E-state index contributed by atoms with van der Waals surface area (Å²) in [6.45, 7) is 5.12. The van der Waals surface area contributed by atoms with Crippen LogP contribution >= 0.6 is 11.3 Å². The van der Waals surface area contributed by atoms with Crippen LogP contribution in [0.5, 0.6) is 5.75 Å². The molecule has 4 rings (SSSR count). The van der Waals surface area contributed by atoms with E-state index in [2.05, 4.69) is 10.6 Å². The Morgan fingerprint density at radius 3 is 2.19 bits per heavy atom. The van der Waals surface area contributed by atoms with E-state index in [1.54, 1.807) is 6.92 Å². The fourth-order valence-corrected chi connectivity index (χ4v) is 5.23. The molecule has 2 N–H and O–H groups in total. The molecule has 11 heteroatoms. The highest BCUT2D eigenvalue weighted by Crippen LogP contribution is 2.40. The third-order valence-electron chi connectivity index (χ3n) is 6.14. The Morgan fingerprint density at radius 2 is 1.55 bits per heavy atom. The Balaban J connectivity index is 1.47. The number of aryl methyl sites for hydroxylation is 1.